The minimum atomic E-state index is -0.495. The number of nitrogens with one attached hydrogen (secondary N) is 2. The van der Waals surface area contributed by atoms with Gasteiger partial charge in [0.1, 0.15) is 12.6 Å². The van der Waals surface area contributed by atoms with E-state index in [2.05, 4.69) is 25.3 Å². The first-order valence-corrected chi connectivity index (χ1v) is 7.99. The summed E-state index contributed by atoms with van der Waals surface area (Å²) in [5.41, 5.74) is 0.0265. The predicted octanol–water partition coefficient (Wildman–Crippen LogP) is 1.44. The standard InChI is InChI=1S/C16H28N4O4/c1-16(2,3)24-12-23-9-5-6-17-7-8-18-14-11-19-13(10-20-14)15(21)22-4/h10-11,17H,5-9,12H2,1-4H3,(H,18,20). The van der Waals surface area contributed by atoms with Crippen molar-refractivity contribution in [1.29, 1.82) is 0 Å². The van der Waals surface area contributed by atoms with Crippen molar-refractivity contribution in [3.63, 3.8) is 0 Å². The molecule has 1 aromatic heterocycles. The summed E-state index contributed by atoms with van der Waals surface area (Å²) in [5, 5.41) is 6.41. The molecule has 24 heavy (non-hydrogen) atoms. The topological polar surface area (TPSA) is 94.6 Å². The third-order valence-electron chi connectivity index (χ3n) is 2.87. The van der Waals surface area contributed by atoms with Gasteiger partial charge in [-0.05, 0) is 33.7 Å². The van der Waals surface area contributed by atoms with E-state index in [-0.39, 0.29) is 11.3 Å². The Morgan fingerprint density at radius 2 is 1.96 bits per heavy atom. The van der Waals surface area contributed by atoms with E-state index < -0.39 is 5.97 Å². The highest BCUT2D eigenvalue weighted by molar-refractivity contribution is 5.86. The summed E-state index contributed by atoms with van der Waals surface area (Å²) >= 11 is 0. The number of ether oxygens (including phenoxy) is 3. The summed E-state index contributed by atoms with van der Waals surface area (Å²) < 4.78 is 15.4. The van der Waals surface area contributed by atoms with Gasteiger partial charge in [-0.25, -0.2) is 14.8 Å². The smallest absolute Gasteiger partial charge is 0.358 e. The molecule has 0 saturated heterocycles. The van der Waals surface area contributed by atoms with Crippen molar-refractivity contribution in [2.75, 3.05) is 45.5 Å². The molecular formula is C16H28N4O4. The summed E-state index contributed by atoms with van der Waals surface area (Å²) in [5.74, 6) is 0.123. The second kappa shape index (κ2) is 10.9. The monoisotopic (exact) mass is 340 g/mol. The number of carbonyl (C=O) groups excluding carboxylic acids is 1. The van der Waals surface area contributed by atoms with E-state index in [1.165, 1.54) is 19.5 Å². The van der Waals surface area contributed by atoms with Gasteiger partial charge in [-0.15, -0.1) is 0 Å². The lowest BCUT2D eigenvalue weighted by molar-refractivity contribution is -0.120. The lowest BCUT2D eigenvalue weighted by Gasteiger charge is -2.19. The van der Waals surface area contributed by atoms with Crippen molar-refractivity contribution in [2.24, 2.45) is 0 Å². The second-order valence-corrected chi connectivity index (χ2v) is 6.09. The molecule has 8 heteroatoms. The molecule has 0 aliphatic carbocycles. The number of nitrogens with zero attached hydrogens (tertiary/aromatic N) is 2. The average Bonchev–Trinajstić information content (AvgIpc) is 2.55. The number of hydrogen-bond donors (Lipinski definition) is 2. The summed E-state index contributed by atoms with van der Waals surface area (Å²) in [6.07, 6.45) is 3.81. The molecule has 0 spiro atoms. The highest BCUT2D eigenvalue weighted by Crippen LogP contribution is 2.05. The Hall–Kier alpha value is -1.77. The molecule has 2 N–H and O–H groups in total. The number of esters is 1. The van der Waals surface area contributed by atoms with Crippen molar-refractivity contribution >= 4 is 11.8 Å². The third kappa shape index (κ3) is 9.39. The van der Waals surface area contributed by atoms with Crippen LogP contribution < -0.4 is 10.6 Å². The first-order valence-electron chi connectivity index (χ1n) is 7.99. The van der Waals surface area contributed by atoms with E-state index >= 15 is 0 Å². The molecule has 0 fully saturated rings. The Balaban J connectivity index is 1.99. The van der Waals surface area contributed by atoms with Crippen molar-refractivity contribution in [2.45, 2.75) is 32.8 Å². The van der Waals surface area contributed by atoms with Crippen LogP contribution in [0.15, 0.2) is 12.4 Å². The van der Waals surface area contributed by atoms with Gasteiger partial charge in [-0.2, -0.15) is 0 Å². The van der Waals surface area contributed by atoms with E-state index in [1.807, 2.05) is 20.8 Å². The zero-order valence-corrected chi connectivity index (χ0v) is 14.9. The molecule has 0 aromatic carbocycles. The number of hydrogen-bond acceptors (Lipinski definition) is 8. The van der Waals surface area contributed by atoms with E-state index in [4.69, 9.17) is 9.47 Å². The Morgan fingerprint density at radius 3 is 2.58 bits per heavy atom. The quantitative estimate of drug-likeness (QED) is 0.355. The van der Waals surface area contributed by atoms with Crippen molar-refractivity contribution in [1.82, 2.24) is 15.3 Å². The van der Waals surface area contributed by atoms with E-state index in [1.54, 1.807) is 0 Å². The van der Waals surface area contributed by atoms with Crippen LogP contribution in [0.1, 0.15) is 37.7 Å². The van der Waals surface area contributed by atoms with E-state index in [9.17, 15) is 4.79 Å². The van der Waals surface area contributed by atoms with Crippen molar-refractivity contribution in [3.05, 3.63) is 18.1 Å². The summed E-state index contributed by atoms with van der Waals surface area (Å²) in [6.45, 7) is 9.35. The van der Waals surface area contributed by atoms with Crippen LogP contribution in [0, 0.1) is 0 Å². The van der Waals surface area contributed by atoms with Crippen LogP contribution in [0.5, 0.6) is 0 Å². The van der Waals surface area contributed by atoms with Crippen molar-refractivity contribution < 1.29 is 19.0 Å². The molecule has 0 unspecified atom stereocenters. The number of methoxy groups -OCH3 is 1. The Kier molecular flexibility index (Phi) is 9.21. The molecule has 0 aliphatic heterocycles. The fraction of sp³-hybridized carbons (Fsp3) is 0.688. The van der Waals surface area contributed by atoms with Gasteiger partial charge in [0.25, 0.3) is 0 Å². The SMILES string of the molecule is COC(=O)c1cnc(NCCNCCCOCOC(C)(C)C)cn1. The Morgan fingerprint density at radius 1 is 1.17 bits per heavy atom. The Bertz CT molecular complexity index is 474. The second-order valence-electron chi connectivity index (χ2n) is 6.09. The van der Waals surface area contributed by atoms with Gasteiger partial charge < -0.3 is 24.8 Å². The van der Waals surface area contributed by atoms with Gasteiger partial charge in [0.2, 0.25) is 0 Å². The zero-order valence-electron chi connectivity index (χ0n) is 14.9. The molecule has 0 bridgehead atoms. The van der Waals surface area contributed by atoms with Crippen LogP contribution in [0.25, 0.3) is 0 Å². The van der Waals surface area contributed by atoms with Crippen LogP contribution in [0.2, 0.25) is 0 Å². The average molecular weight is 340 g/mol. The van der Waals surface area contributed by atoms with E-state index in [0.29, 0.717) is 25.8 Å². The van der Waals surface area contributed by atoms with Crippen LogP contribution >= 0.6 is 0 Å². The molecular weight excluding hydrogens is 312 g/mol. The lowest BCUT2D eigenvalue weighted by Crippen LogP contribution is -2.25. The number of anilines is 1. The predicted molar refractivity (Wildman–Crippen MR) is 91.0 cm³/mol. The third-order valence-corrected chi connectivity index (χ3v) is 2.87. The van der Waals surface area contributed by atoms with Gasteiger partial charge in [-0.1, -0.05) is 0 Å². The maximum Gasteiger partial charge on any atom is 0.358 e. The maximum atomic E-state index is 11.2. The number of aromatic nitrogens is 2. The normalized spacial score (nSPS) is 11.3. The molecule has 1 aromatic rings. The largest absolute Gasteiger partial charge is 0.464 e. The fourth-order valence-corrected chi connectivity index (χ4v) is 1.61. The number of rotatable bonds is 11. The minimum absolute atomic E-state index is 0.165. The van der Waals surface area contributed by atoms with Gasteiger partial charge in [0.05, 0.1) is 31.7 Å². The highest BCUT2D eigenvalue weighted by atomic mass is 16.7. The maximum absolute atomic E-state index is 11.2. The summed E-state index contributed by atoms with van der Waals surface area (Å²) in [4.78, 5) is 19.3. The zero-order chi connectivity index (χ0) is 17.8. The molecule has 0 aliphatic rings. The van der Waals surface area contributed by atoms with Gasteiger partial charge in [0.15, 0.2) is 5.69 Å². The van der Waals surface area contributed by atoms with Crippen LogP contribution in [-0.2, 0) is 14.2 Å². The molecule has 1 rings (SSSR count). The van der Waals surface area contributed by atoms with Crippen molar-refractivity contribution in [3.8, 4) is 0 Å². The number of carbonyl (C=O) groups is 1. The molecule has 0 saturated carbocycles. The molecule has 1 heterocycles. The molecule has 0 atom stereocenters. The first kappa shape index (κ1) is 20.3. The molecule has 0 amide bonds. The summed E-state index contributed by atoms with van der Waals surface area (Å²) in [7, 11) is 1.31. The van der Waals surface area contributed by atoms with Crippen LogP contribution in [-0.4, -0.2) is 61.7 Å². The van der Waals surface area contributed by atoms with Gasteiger partial charge in [0, 0.05) is 13.1 Å². The molecule has 136 valence electrons. The van der Waals surface area contributed by atoms with Gasteiger partial charge in [-0.3, -0.25) is 0 Å². The van der Waals surface area contributed by atoms with Gasteiger partial charge >= 0.3 is 5.97 Å². The van der Waals surface area contributed by atoms with Crippen LogP contribution in [0.3, 0.4) is 0 Å². The molecule has 8 nitrogen and oxygen atoms in total. The Labute approximate surface area is 143 Å². The first-order chi connectivity index (χ1) is 11.4. The molecule has 0 radical (unpaired) electrons. The fourth-order valence-electron chi connectivity index (χ4n) is 1.61. The van der Waals surface area contributed by atoms with Crippen LogP contribution in [0.4, 0.5) is 5.82 Å². The van der Waals surface area contributed by atoms with E-state index in [0.717, 1.165) is 19.5 Å². The minimum Gasteiger partial charge on any atom is -0.464 e. The highest BCUT2D eigenvalue weighted by Gasteiger charge is 2.09. The lowest BCUT2D eigenvalue weighted by atomic mass is 10.2. The summed E-state index contributed by atoms with van der Waals surface area (Å²) in [6, 6.07) is 0.